The van der Waals surface area contributed by atoms with Crippen molar-refractivity contribution < 1.29 is 14.3 Å². The number of benzene rings is 1. The summed E-state index contributed by atoms with van der Waals surface area (Å²) in [6.07, 6.45) is 5.23. The standard InChI is InChI=1S/C14H16ClNO3/c1-18-11-6-5-10(15)12(13(11)19-2)14(16-9-17)7-3-4-8-14/h5-6H,3-4,7-8H2,1-2H3. The smallest absolute Gasteiger partial charge is 0.235 e. The summed E-state index contributed by atoms with van der Waals surface area (Å²) in [7, 11) is 3.13. The van der Waals surface area contributed by atoms with Crippen molar-refractivity contribution in [1.29, 1.82) is 0 Å². The van der Waals surface area contributed by atoms with Gasteiger partial charge in [0.1, 0.15) is 5.54 Å². The summed E-state index contributed by atoms with van der Waals surface area (Å²) >= 11 is 6.32. The van der Waals surface area contributed by atoms with Crippen molar-refractivity contribution >= 4 is 17.7 Å². The maximum atomic E-state index is 10.8. The predicted molar refractivity (Wildman–Crippen MR) is 72.8 cm³/mol. The first-order chi connectivity index (χ1) is 9.18. The van der Waals surface area contributed by atoms with E-state index in [0.717, 1.165) is 31.2 Å². The van der Waals surface area contributed by atoms with Gasteiger partial charge in [-0.15, -0.1) is 0 Å². The average molecular weight is 282 g/mol. The van der Waals surface area contributed by atoms with Gasteiger partial charge in [0, 0.05) is 5.56 Å². The van der Waals surface area contributed by atoms with Crippen molar-refractivity contribution in [2.75, 3.05) is 14.2 Å². The second-order valence-electron chi connectivity index (χ2n) is 4.60. The van der Waals surface area contributed by atoms with Gasteiger partial charge in [0.05, 0.1) is 19.2 Å². The van der Waals surface area contributed by atoms with Crippen LogP contribution in [0.5, 0.6) is 11.5 Å². The molecular formula is C14H16ClNO3. The number of hydrogen-bond donors (Lipinski definition) is 0. The quantitative estimate of drug-likeness (QED) is 0.627. The van der Waals surface area contributed by atoms with Crippen LogP contribution in [0.2, 0.25) is 5.02 Å². The normalized spacial score (nSPS) is 16.8. The zero-order valence-corrected chi connectivity index (χ0v) is 11.8. The molecule has 0 N–H and O–H groups in total. The number of carbonyl (C=O) groups excluding carboxylic acids is 1. The molecule has 0 amide bonds. The summed E-state index contributed by atoms with van der Waals surface area (Å²) in [5.74, 6) is 1.14. The molecule has 1 fully saturated rings. The first-order valence-corrected chi connectivity index (χ1v) is 6.56. The van der Waals surface area contributed by atoms with Gasteiger partial charge in [-0.2, -0.15) is 4.99 Å². The van der Waals surface area contributed by atoms with E-state index in [1.807, 2.05) is 0 Å². The van der Waals surface area contributed by atoms with Crippen LogP contribution >= 0.6 is 11.6 Å². The van der Waals surface area contributed by atoms with Gasteiger partial charge in [-0.05, 0) is 25.0 Å². The van der Waals surface area contributed by atoms with Crippen LogP contribution < -0.4 is 9.47 Å². The van der Waals surface area contributed by atoms with Gasteiger partial charge < -0.3 is 9.47 Å². The molecule has 0 aliphatic heterocycles. The molecule has 1 aromatic rings. The molecule has 0 atom stereocenters. The van der Waals surface area contributed by atoms with E-state index < -0.39 is 5.54 Å². The average Bonchev–Trinajstić information content (AvgIpc) is 2.88. The molecule has 0 aromatic heterocycles. The van der Waals surface area contributed by atoms with E-state index in [1.54, 1.807) is 32.4 Å². The number of hydrogen-bond acceptors (Lipinski definition) is 4. The third-order valence-electron chi connectivity index (χ3n) is 3.65. The van der Waals surface area contributed by atoms with E-state index in [1.165, 1.54) is 0 Å². The van der Waals surface area contributed by atoms with Crippen LogP contribution in [0.25, 0.3) is 0 Å². The number of isocyanates is 1. The van der Waals surface area contributed by atoms with Gasteiger partial charge in [0.25, 0.3) is 0 Å². The first kappa shape index (κ1) is 13.9. The highest BCUT2D eigenvalue weighted by molar-refractivity contribution is 6.31. The van der Waals surface area contributed by atoms with Crippen LogP contribution in [-0.2, 0) is 10.3 Å². The Morgan fingerprint density at radius 1 is 1.26 bits per heavy atom. The van der Waals surface area contributed by atoms with Crippen LogP contribution in [0.4, 0.5) is 0 Å². The zero-order chi connectivity index (χ0) is 13.9. The molecule has 0 heterocycles. The van der Waals surface area contributed by atoms with Crippen LogP contribution in [0, 0.1) is 0 Å². The lowest BCUT2D eigenvalue weighted by Crippen LogP contribution is -2.21. The summed E-state index contributed by atoms with van der Waals surface area (Å²) in [5.41, 5.74) is 0.107. The largest absolute Gasteiger partial charge is 0.493 e. The second kappa shape index (κ2) is 5.64. The van der Waals surface area contributed by atoms with E-state index >= 15 is 0 Å². The molecule has 1 aliphatic rings. The minimum Gasteiger partial charge on any atom is -0.493 e. The van der Waals surface area contributed by atoms with Crippen LogP contribution in [0.1, 0.15) is 31.2 Å². The Kier molecular flexibility index (Phi) is 4.13. The number of halogens is 1. The Bertz CT molecular complexity index is 518. The fourth-order valence-corrected chi connectivity index (χ4v) is 3.13. The zero-order valence-electron chi connectivity index (χ0n) is 11.0. The topological polar surface area (TPSA) is 47.9 Å². The Morgan fingerprint density at radius 3 is 2.47 bits per heavy atom. The van der Waals surface area contributed by atoms with Crippen molar-refractivity contribution in [3.05, 3.63) is 22.7 Å². The lowest BCUT2D eigenvalue weighted by atomic mass is 9.87. The van der Waals surface area contributed by atoms with Gasteiger partial charge in [0.2, 0.25) is 6.08 Å². The molecule has 2 rings (SSSR count). The number of rotatable bonds is 4. The third-order valence-corrected chi connectivity index (χ3v) is 3.97. The monoisotopic (exact) mass is 281 g/mol. The molecule has 19 heavy (non-hydrogen) atoms. The fraction of sp³-hybridized carbons (Fsp3) is 0.500. The van der Waals surface area contributed by atoms with Crippen molar-refractivity contribution in [3.8, 4) is 11.5 Å². The molecule has 0 spiro atoms. The number of ether oxygens (including phenoxy) is 2. The number of methoxy groups -OCH3 is 2. The van der Waals surface area contributed by atoms with E-state index in [0.29, 0.717) is 16.5 Å². The first-order valence-electron chi connectivity index (χ1n) is 6.18. The lowest BCUT2D eigenvalue weighted by molar-refractivity contribution is 0.337. The molecule has 1 aliphatic carbocycles. The molecule has 0 unspecified atom stereocenters. The summed E-state index contributed by atoms with van der Waals surface area (Å²) in [6, 6.07) is 3.50. The Hall–Kier alpha value is -1.51. The molecule has 102 valence electrons. The molecule has 5 heteroatoms. The number of nitrogens with zero attached hydrogens (tertiary/aromatic N) is 1. The molecule has 1 aromatic carbocycles. The van der Waals surface area contributed by atoms with Crippen LogP contribution in [0.3, 0.4) is 0 Å². The Balaban J connectivity index is 2.68. The highest BCUT2D eigenvalue weighted by Crippen LogP contribution is 2.51. The molecule has 0 radical (unpaired) electrons. The Labute approximate surface area is 117 Å². The molecule has 0 saturated heterocycles. The van der Waals surface area contributed by atoms with Crippen LogP contribution in [-0.4, -0.2) is 20.3 Å². The van der Waals surface area contributed by atoms with E-state index in [-0.39, 0.29) is 0 Å². The highest BCUT2D eigenvalue weighted by atomic mass is 35.5. The maximum Gasteiger partial charge on any atom is 0.235 e. The summed E-state index contributed by atoms with van der Waals surface area (Å²) in [5, 5.41) is 0.540. The van der Waals surface area contributed by atoms with Crippen LogP contribution in [0.15, 0.2) is 17.1 Å². The van der Waals surface area contributed by atoms with Crippen molar-refractivity contribution in [3.63, 3.8) is 0 Å². The molecule has 0 bridgehead atoms. The van der Waals surface area contributed by atoms with E-state index in [2.05, 4.69) is 4.99 Å². The van der Waals surface area contributed by atoms with Crippen molar-refractivity contribution in [2.24, 2.45) is 4.99 Å². The van der Waals surface area contributed by atoms with E-state index in [4.69, 9.17) is 21.1 Å². The lowest BCUT2D eigenvalue weighted by Gasteiger charge is -2.27. The second-order valence-corrected chi connectivity index (χ2v) is 5.01. The predicted octanol–water partition coefficient (Wildman–Crippen LogP) is 3.46. The maximum absolute atomic E-state index is 10.8. The minimum absolute atomic E-state index is 0.540. The van der Waals surface area contributed by atoms with E-state index in [9.17, 15) is 4.79 Å². The third kappa shape index (κ3) is 2.34. The summed E-state index contributed by atoms with van der Waals surface area (Å²) in [4.78, 5) is 14.8. The summed E-state index contributed by atoms with van der Waals surface area (Å²) < 4.78 is 10.7. The van der Waals surface area contributed by atoms with Crippen molar-refractivity contribution in [1.82, 2.24) is 0 Å². The van der Waals surface area contributed by atoms with Gasteiger partial charge >= 0.3 is 0 Å². The molecular weight excluding hydrogens is 266 g/mol. The van der Waals surface area contributed by atoms with Gasteiger partial charge in [0.15, 0.2) is 11.5 Å². The number of aliphatic imine (C=N–C) groups is 1. The SMILES string of the molecule is COc1ccc(Cl)c(C2(N=C=O)CCCC2)c1OC. The highest BCUT2D eigenvalue weighted by Gasteiger charge is 2.40. The minimum atomic E-state index is -0.626. The van der Waals surface area contributed by atoms with Crippen molar-refractivity contribution in [2.45, 2.75) is 31.2 Å². The van der Waals surface area contributed by atoms with Gasteiger partial charge in [-0.1, -0.05) is 24.4 Å². The molecule has 1 saturated carbocycles. The fourth-order valence-electron chi connectivity index (χ4n) is 2.80. The summed E-state index contributed by atoms with van der Waals surface area (Å²) in [6.45, 7) is 0. The molecule has 4 nitrogen and oxygen atoms in total. The van der Waals surface area contributed by atoms with Gasteiger partial charge in [-0.3, -0.25) is 0 Å². The Morgan fingerprint density at radius 2 is 1.95 bits per heavy atom. The van der Waals surface area contributed by atoms with Gasteiger partial charge in [-0.25, -0.2) is 4.79 Å².